The number of hydrogen-bond donors (Lipinski definition) is 0. The quantitative estimate of drug-likeness (QED) is 0.433. The minimum atomic E-state index is -4.54. The zero-order valence-electron chi connectivity index (χ0n) is 14.7. The van der Waals surface area contributed by atoms with E-state index >= 15 is 0 Å². The van der Waals surface area contributed by atoms with Crippen LogP contribution in [0.2, 0.25) is 0 Å². The van der Waals surface area contributed by atoms with Crippen LogP contribution in [-0.4, -0.2) is 18.9 Å². The molecule has 0 spiro atoms. The molecular formula is C21H16BrF3N2. The Morgan fingerprint density at radius 2 is 1.63 bits per heavy atom. The van der Waals surface area contributed by atoms with Crippen molar-refractivity contribution in [3.63, 3.8) is 0 Å². The van der Waals surface area contributed by atoms with E-state index < -0.39 is 18.1 Å². The Bertz CT molecular complexity index is 1060. The Morgan fingerprint density at radius 1 is 1.00 bits per heavy atom. The number of benzene rings is 3. The van der Waals surface area contributed by atoms with Crippen LogP contribution in [0.1, 0.15) is 22.9 Å². The number of alkyl halides is 3. The van der Waals surface area contributed by atoms with Crippen LogP contribution in [0.5, 0.6) is 0 Å². The highest BCUT2D eigenvalue weighted by atomic mass is 79.9. The Balaban J connectivity index is 2.02. The predicted molar refractivity (Wildman–Crippen MR) is 107 cm³/mol. The Hall–Kier alpha value is -2.34. The van der Waals surface area contributed by atoms with E-state index in [1.54, 1.807) is 7.05 Å². The van der Waals surface area contributed by atoms with E-state index in [0.717, 1.165) is 21.9 Å². The highest BCUT2D eigenvalue weighted by Gasteiger charge is 2.43. The zero-order chi connectivity index (χ0) is 19.3. The van der Waals surface area contributed by atoms with Crippen LogP contribution in [-0.2, 0) is 0 Å². The average molecular weight is 433 g/mol. The summed E-state index contributed by atoms with van der Waals surface area (Å²) in [7, 11) is 1.79. The number of aliphatic imine (C=N–C) groups is 1. The van der Waals surface area contributed by atoms with Gasteiger partial charge in [-0.05, 0) is 23.9 Å². The smallest absolute Gasteiger partial charge is 0.348 e. The maximum atomic E-state index is 13.9. The topological polar surface area (TPSA) is 15.6 Å². The molecule has 1 aliphatic rings. The second-order valence-electron chi connectivity index (χ2n) is 6.67. The van der Waals surface area contributed by atoms with E-state index in [-0.39, 0.29) is 5.56 Å². The number of fused-ring (bicyclic) bond motifs is 3. The average Bonchev–Trinajstić information content (AvgIpc) is 2.62. The standard InChI is InChI=1S/C21H16BrF3N2/c1-12-7-9-13(10-8-12)20-26-19(21(23,24)25)16-11-17(22)14-5-3-4-6-15(14)18(16)27(20)2/h3-11,20H,1-2H3. The molecule has 27 heavy (non-hydrogen) atoms. The fourth-order valence-corrected chi connectivity index (χ4v) is 4.11. The van der Waals surface area contributed by atoms with Gasteiger partial charge in [-0.3, -0.25) is 4.99 Å². The van der Waals surface area contributed by atoms with Gasteiger partial charge >= 0.3 is 6.18 Å². The highest BCUT2D eigenvalue weighted by Crippen LogP contribution is 2.45. The maximum absolute atomic E-state index is 13.9. The van der Waals surface area contributed by atoms with Crippen molar-refractivity contribution in [1.29, 1.82) is 0 Å². The number of nitrogens with zero attached hydrogens (tertiary/aromatic N) is 2. The van der Waals surface area contributed by atoms with E-state index in [1.807, 2.05) is 60.4 Å². The molecule has 0 aromatic heterocycles. The van der Waals surface area contributed by atoms with E-state index in [0.29, 0.717) is 10.2 Å². The first-order valence-corrected chi connectivity index (χ1v) is 9.22. The molecule has 4 rings (SSSR count). The van der Waals surface area contributed by atoms with Crippen molar-refractivity contribution in [3.05, 3.63) is 75.8 Å². The van der Waals surface area contributed by atoms with Crippen LogP contribution in [0.4, 0.5) is 18.9 Å². The lowest BCUT2D eigenvalue weighted by atomic mass is 9.96. The normalized spacial score (nSPS) is 17.0. The Morgan fingerprint density at radius 3 is 2.26 bits per heavy atom. The van der Waals surface area contributed by atoms with Gasteiger partial charge in [0, 0.05) is 22.5 Å². The summed E-state index contributed by atoms with van der Waals surface area (Å²) in [5, 5.41) is 1.63. The van der Waals surface area contributed by atoms with E-state index in [4.69, 9.17) is 0 Å². The van der Waals surface area contributed by atoms with Gasteiger partial charge in [0.25, 0.3) is 0 Å². The van der Waals surface area contributed by atoms with Crippen LogP contribution in [0, 0.1) is 6.92 Å². The third-order valence-corrected chi connectivity index (χ3v) is 5.49. The molecule has 1 heterocycles. The monoisotopic (exact) mass is 432 g/mol. The minimum absolute atomic E-state index is 0.0962. The van der Waals surface area contributed by atoms with Crippen molar-refractivity contribution in [3.8, 4) is 0 Å². The van der Waals surface area contributed by atoms with Crippen LogP contribution in [0.3, 0.4) is 0 Å². The van der Waals surface area contributed by atoms with Gasteiger partial charge in [0.05, 0.1) is 5.69 Å². The van der Waals surface area contributed by atoms with Crippen molar-refractivity contribution < 1.29 is 13.2 Å². The molecule has 0 amide bonds. The van der Waals surface area contributed by atoms with Crippen molar-refractivity contribution >= 4 is 38.1 Å². The first-order chi connectivity index (χ1) is 12.8. The molecule has 0 bridgehead atoms. The van der Waals surface area contributed by atoms with Gasteiger partial charge in [-0.1, -0.05) is 70.0 Å². The van der Waals surface area contributed by atoms with Gasteiger partial charge in [0.2, 0.25) is 0 Å². The molecule has 3 aromatic rings. The van der Waals surface area contributed by atoms with E-state index in [2.05, 4.69) is 20.9 Å². The molecule has 6 heteroatoms. The lowest BCUT2D eigenvalue weighted by Gasteiger charge is -2.36. The van der Waals surface area contributed by atoms with E-state index in [9.17, 15) is 13.2 Å². The second-order valence-corrected chi connectivity index (χ2v) is 7.53. The highest BCUT2D eigenvalue weighted by molar-refractivity contribution is 9.10. The third kappa shape index (κ3) is 3.02. The number of rotatable bonds is 1. The van der Waals surface area contributed by atoms with Crippen molar-refractivity contribution in [2.45, 2.75) is 19.3 Å². The largest absolute Gasteiger partial charge is 0.433 e. The van der Waals surface area contributed by atoms with Gasteiger partial charge in [0.1, 0.15) is 6.17 Å². The SMILES string of the molecule is Cc1ccc(C2N=C(C(F)(F)F)c3cc(Br)c4ccccc4c3N2C)cc1. The molecule has 1 atom stereocenters. The van der Waals surface area contributed by atoms with Crippen LogP contribution in [0.25, 0.3) is 10.8 Å². The molecule has 1 aliphatic heterocycles. The summed E-state index contributed by atoms with van der Waals surface area (Å²) in [4.78, 5) is 5.94. The van der Waals surface area contributed by atoms with E-state index in [1.165, 1.54) is 6.07 Å². The van der Waals surface area contributed by atoms with Crippen LogP contribution < -0.4 is 4.90 Å². The lowest BCUT2D eigenvalue weighted by molar-refractivity contribution is -0.0585. The number of anilines is 1. The molecule has 0 aliphatic carbocycles. The molecule has 0 fully saturated rings. The first-order valence-electron chi connectivity index (χ1n) is 8.43. The molecule has 0 radical (unpaired) electrons. The Labute approximate surface area is 163 Å². The first kappa shape index (κ1) is 18.0. The summed E-state index contributed by atoms with van der Waals surface area (Å²) >= 11 is 3.42. The maximum Gasteiger partial charge on any atom is 0.433 e. The van der Waals surface area contributed by atoms with Crippen molar-refractivity contribution in [2.24, 2.45) is 4.99 Å². The lowest BCUT2D eigenvalue weighted by Crippen LogP contribution is -2.36. The number of halogens is 4. The zero-order valence-corrected chi connectivity index (χ0v) is 16.3. The molecular weight excluding hydrogens is 417 g/mol. The summed E-state index contributed by atoms with van der Waals surface area (Å²) in [6, 6.07) is 16.4. The van der Waals surface area contributed by atoms with Crippen LogP contribution in [0.15, 0.2) is 64.1 Å². The van der Waals surface area contributed by atoms with Gasteiger partial charge < -0.3 is 4.90 Å². The minimum Gasteiger partial charge on any atom is -0.348 e. The molecule has 1 unspecified atom stereocenters. The fraction of sp³-hybridized carbons (Fsp3) is 0.190. The molecule has 138 valence electrons. The summed E-state index contributed by atoms with van der Waals surface area (Å²) in [6.07, 6.45) is -5.28. The Kier molecular flexibility index (Phi) is 4.26. The van der Waals surface area contributed by atoms with Gasteiger partial charge in [-0.25, -0.2) is 0 Å². The number of hydrogen-bond acceptors (Lipinski definition) is 2. The van der Waals surface area contributed by atoms with Crippen LogP contribution >= 0.6 is 15.9 Å². The fourth-order valence-electron chi connectivity index (χ4n) is 3.54. The third-order valence-electron chi connectivity index (χ3n) is 4.84. The molecule has 2 nitrogen and oxygen atoms in total. The second kappa shape index (κ2) is 6.37. The van der Waals surface area contributed by atoms with Gasteiger partial charge in [-0.15, -0.1) is 0 Å². The summed E-state index contributed by atoms with van der Waals surface area (Å²) in [6.45, 7) is 1.94. The summed E-state index contributed by atoms with van der Waals surface area (Å²) < 4.78 is 42.2. The van der Waals surface area contributed by atoms with Crippen molar-refractivity contribution in [2.75, 3.05) is 11.9 Å². The van der Waals surface area contributed by atoms with Crippen molar-refractivity contribution in [1.82, 2.24) is 0 Å². The van der Waals surface area contributed by atoms with Gasteiger partial charge in [0.15, 0.2) is 5.71 Å². The summed E-state index contributed by atoms with van der Waals surface area (Å²) in [5.41, 5.74) is 1.57. The number of aryl methyl sites for hydroxylation is 1. The predicted octanol–water partition coefficient (Wildman–Crippen LogP) is 6.41. The summed E-state index contributed by atoms with van der Waals surface area (Å²) in [5.74, 6) is 0. The molecule has 0 N–H and O–H groups in total. The molecule has 3 aromatic carbocycles. The molecule has 0 saturated carbocycles. The molecule has 0 saturated heterocycles. The van der Waals surface area contributed by atoms with Gasteiger partial charge in [-0.2, -0.15) is 13.2 Å².